The summed E-state index contributed by atoms with van der Waals surface area (Å²) in [5, 5.41) is 5.03. The highest BCUT2D eigenvalue weighted by molar-refractivity contribution is 5.98. The van der Waals surface area contributed by atoms with Gasteiger partial charge < -0.3 is 5.32 Å². The van der Waals surface area contributed by atoms with Gasteiger partial charge in [-0.2, -0.15) is 0 Å². The van der Waals surface area contributed by atoms with Crippen molar-refractivity contribution in [1.29, 1.82) is 0 Å². The lowest BCUT2D eigenvalue weighted by Crippen LogP contribution is -2.33. The molecule has 0 bridgehead atoms. The zero-order chi connectivity index (χ0) is 16.1. The number of piperidine rings is 1. The van der Waals surface area contributed by atoms with Crippen LogP contribution in [0.2, 0.25) is 0 Å². The Morgan fingerprint density at radius 2 is 1.82 bits per heavy atom. The van der Waals surface area contributed by atoms with E-state index in [1.807, 2.05) is 6.07 Å². The van der Waals surface area contributed by atoms with E-state index in [1.165, 1.54) is 5.56 Å². The molecule has 22 heavy (non-hydrogen) atoms. The van der Waals surface area contributed by atoms with Crippen molar-refractivity contribution >= 4 is 17.7 Å². The maximum atomic E-state index is 11.3. The summed E-state index contributed by atoms with van der Waals surface area (Å²) in [6.45, 7) is 5.09. The summed E-state index contributed by atoms with van der Waals surface area (Å²) in [6, 6.07) is 6.17. The third-order valence-corrected chi connectivity index (χ3v) is 4.08. The van der Waals surface area contributed by atoms with Crippen LogP contribution in [0.1, 0.15) is 66.9 Å². The SMILES string of the molecule is CCC(C)c1ccc2c(c1)CNC2=O.O=C1CCCC(=O)N1. The molecule has 1 aromatic carbocycles. The summed E-state index contributed by atoms with van der Waals surface area (Å²) in [5.41, 5.74) is 3.33. The Morgan fingerprint density at radius 1 is 1.14 bits per heavy atom. The third-order valence-electron chi connectivity index (χ3n) is 4.08. The van der Waals surface area contributed by atoms with E-state index < -0.39 is 0 Å². The van der Waals surface area contributed by atoms with E-state index in [9.17, 15) is 14.4 Å². The first-order valence-corrected chi connectivity index (χ1v) is 7.75. The van der Waals surface area contributed by atoms with Crippen molar-refractivity contribution in [3.8, 4) is 0 Å². The number of benzene rings is 1. The average Bonchev–Trinajstić information content (AvgIpc) is 2.88. The molecular formula is C17H22N2O3. The Morgan fingerprint density at radius 3 is 2.36 bits per heavy atom. The molecule has 2 heterocycles. The van der Waals surface area contributed by atoms with Crippen molar-refractivity contribution in [1.82, 2.24) is 10.6 Å². The van der Waals surface area contributed by atoms with Crippen molar-refractivity contribution in [2.45, 2.75) is 52.0 Å². The monoisotopic (exact) mass is 302 g/mol. The topological polar surface area (TPSA) is 75.3 Å². The summed E-state index contributed by atoms with van der Waals surface area (Å²) in [6.07, 6.45) is 2.86. The Labute approximate surface area is 130 Å². The van der Waals surface area contributed by atoms with Crippen LogP contribution in [0.25, 0.3) is 0 Å². The number of fused-ring (bicyclic) bond motifs is 1. The number of carbonyl (C=O) groups is 3. The standard InChI is InChI=1S/C12H15NO.C5H7NO2/c1-3-8(2)9-4-5-11-10(6-9)7-13-12(11)14;7-4-2-1-3-5(8)6-4/h4-6,8H,3,7H2,1-2H3,(H,13,14);1-3H2,(H,6,7,8). The molecule has 0 aromatic heterocycles. The van der Waals surface area contributed by atoms with Crippen LogP contribution in [-0.2, 0) is 16.1 Å². The van der Waals surface area contributed by atoms with Gasteiger partial charge in [0.2, 0.25) is 11.8 Å². The van der Waals surface area contributed by atoms with Gasteiger partial charge in [-0.3, -0.25) is 19.7 Å². The largest absolute Gasteiger partial charge is 0.348 e. The van der Waals surface area contributed by atoms with Gasteiger partial charge in [0.25, 0.3) is 5.91 Å². The fraction of sp³-hybridized carbons (Fsp3) is 0.471. The van der Waals surface area contributed by atoms with Crippen LogP contribution in [0.15, 0.2) is 18.2 Å². The molecule has 1 fully saturated rings. The number of hydrogen-bond donors (Lipinski definition) is 2. The Hall–Kier alpha value is -2.17. The summed E-state index contributed by atoms with van der Waals surface area (Å²) < 4.78 is 0. The number of nitrogens with one attached hydrogen (secondary N) is 2. The second-order valence-corrected chi connectivity index (χ2v) is 5.73. The Balaban J connectivity index is 0.000000188. The van der Waals surface area contributed by atoms with Gasteiger partial charge >= 0.3 is 0 Å². The summed E-state index contributed by atoms with van der Waals surface area (Å²) in [4.78, 5) is 32.0. The minimum absolute atomic E-state index is 0.0655. The molecule has 0 saturated carbocycles. The zero-order valence-corrected chi connectivity index (χ0v) is 13.1. The molecule has 118 valence electrons. The summed E-state index contributed by atoms with van der Waals surface area (Å²) in [5.74, 6) is 0.370. The summed E-state index contributed by atoms with van der Waals surface area (Å²) in [7, 11) is 0. The Kier molecular flexibility index (Phi) is 5.31. The van der Waals surface area contributed by atoms with Gasteiger partial charge in [0.1, 0.15) is 0 Å². The lowest BCUT2D eigenvalue weighted by Gasteiger charge is -2.09. The van der Waals surface area contributed by atoms with Crippen LogP contribution in [0.3, 0.4) is 0 Å². The predicted octanol–water partition coefficient (Wildman–Crippen LogP) is 2.26. The molecule has 5 nitrogen and oxygen atoms in total. The van der Waals surface area contributed by atoms with Gasteiger partial charge in [-0.05, 0) is 36.0 Å². The summed E-state index contributed by atoms with van der Waals surface area (Å²) >= 11 is 0. The van der Waals surface area contributed by atoms with E-state index >= 15 is 0 Å². The first kappa shape index (κ1) is 16.2. The maximum absolute atomic E-state index is 11.3. The van der Waals surface area contributed by atoms with E-state index in [4.69, 9.17) is 0 Å². The van der Waals surface area contributed by atoms with Gasteiger partial charge in [-0.1, -0.05) is 26.0 Å². The second-order valence-electron chi connectivity index (χ2n) is 5.73. The molecule has 5 heteroatoms. The molecule has 1 atom stereocenters. The molecule has 1 unspecified atom stereocenters. The average molecular weight is 302 g/mol. The third kappa shape index (κ3) is 3.93. The van der Waals surface area contributed by atoms with Crippen molar-refractivity contribution in [3.05, 3.63) is 34.9 Å². The van der Waals surface area contributed by atoms with Gasteiger partial charge in [-0.15, -0.1) is 0 Å². The molecule has 1 aromatic rings. The highest BCUT2D eigenvalue weighted by atomic mass is 16.2. The highest BCUT2D eigenvalue weighted by Gasteiger charge is 2.19. The lowest BCUT2D eigenvalue weighted by atomic mass is 9.95. The van der Waals surface area contributed by atoms with E-state index in [2.05, 4.69) is 36.6 Å². The van der Waals surface area contributed by atoms with Crippen molar-refractivity contribution in [2.24, 2.45) is 0 Å². The van der Waals surface area contributed by atoms with E-state index in [0.717, 1.165) is 17.5 Å². The van der Waals surface area contributed by atoms with Gasteiger partial charge in [-0.25, -0.2) is 0 Å². The molecule has 1 saturated heterocycles. The van der Waals surface area contributed by atoms with Crippen LogP contribution < -0.4 is 10.6 Å². The number of rotatable bonds is 2. The lowest BCUT2D eigenvalue weighted by molar-refractivity contribution is -0.132. The normalized spacial score (nSPS) is 17.8. The van der Waals surface area contributed by atoms with Gasteiger partial charge in [0.05, 0.1) is 0 Å². The van der Waals surface area contributed by atoms with Crippen molar-refractivity contribution in [2.75, 3.05) is 0 Å². The molecule has 0 radical (unpaired) electrons. The number of amides is 3. The molecule has 2 N–H and O–H groups in total. The van der Waals surface area contributed by atoms with Crippen molar-refractivity contribution in [3.63, 3.8) is 0 Å². The Bertz CT molecular complexity index is 582. The molecule has 0 spiro atoms. The smallest absolute Gasteiger partial charge is 0.251 e. The number of hydrogen-bond acceptors (Lipinski definition) is 3. The van der Waals surface area contributed by atoms with Crippen LogP contribution in [-0.4, -0.2) is 17.7 Å². The number of carbonyl (C=O) groups excluding carboxylic acids is 3. The molecule has 2 aliphatic heterocycles. The van der Waals surface area contributed by atoms with Crippen LogP contribution in [0.4, 0.5) is 0 Å². The van der Waals surface area contributed by atoms with Crippen LogP contribution >= 0.6 is 0 Å². The van der Waals surface area contributed by atoms with Gasteiger partial charge in [0.15, 0.2) is 0 Å². The molecule has 3 amide bonds. The van der Waals surface area contributed by atoms with Gasteiger partial charge in [0, 0.05) is 24.9 Å². The maximum Gasteiger partial charge on any atom is 0.251 e. The minimum atomic E-state index is -0.138. The molecular weight excluding hydrogens is 280 g/mol. The quantitative estimate of drug-likeness (QED) is 0.823. The second kappa shape index (κ2) is 7.20. The van der Waals surface area contributed by atoms with Crippen molar-refractivity contribution < 1.29 is 14.4 Å². The van der Waals surface area contributed by atoms with E-state index in [-0.39, 0.29) is 17.7 Å². The molecule has 3 rings (SSSR count). The fourth-order valence-corrected chi connectivity index (χ4v) is 2.48. The first-order chi connectivity index (χ1) is 10.5. The molecule has 0 aliphatic carbocycles. The minimum Gasteiger partial charge on any atom is -0.348 e. The van der Waals surface area contributed by atoms with E-state index in [1.54, 1.807) is 0 Å². The van der Waals surface area contributed by atoms with E-state index in [0.29, 0.717) is 31.7 Å². The first-order valence-electron chi connectivity index (χ1n) is 7.75. The molecule has 2 aliphatic rings. The van der Waals surface area contributed by atoms with Crippen LogP contribution in [0.5, 0.6) is 0 Å². The fourth-order valence-electron chi connectivity index (χ4n) is 2.48. The predicted molar refractivity (Wildman–Crippen MR) is 83.3 cm³/mol. The number of imide groups is 1. The highest BCUT2D eigenvalue weighted by Crippen LogP contribution is 2.23. The zero-order valence-electron chi connectivity index (χ0n) is 13.1. The van der Waals surface area contributed by atoms with Crippen LogP contribution in [0, 0.1) is 0 Å².